The van der Waals surface area contributed by atoms with Crippen LogP contribution in [0.3, 0.4) is 0 Å². The molecule has 0 bridgehead atoms. The SMILES string of the molecule is CC(C)(C)C(=O)Nc1cc(N2CCCCC2)ccc1F. The normalized spacial score (nSPS) is 16.1. The molecule has 20 heavy (non-hydrogen) atoms. The molecule has 1 N–H and O–H groups in total. The molecule has 4 heteroatoms. The fourth-order valence-corrected chi connectivity index (χ4v) is 2.27. The second-order valence-corrected chi connectivity index (χ2v) is 6.42. The Kier molecular flexibility index (Phi) is 4.31. The van der Waals surface area contributed by atoms with Crippen molar-refractivity contribution in [1.82, 2.24) is 0 Å². The topological polar surface area (TPSA) is 32.3 Å². The first-order chi connectivity index (χ1) is 9.38. The molecule has 0 aromatic heterocycles. The van der Waals surface area contributed by atoms with Crippen LogP contribution in [0.4, 0.5) is 15.8 Å². The minimum atomic E-state index is -0.534. The zero-order valence-corrected chi connectivity index (χ0v) is 12.5. The minimum absolute atomic E-state index is 0.174. The number of piperidine rings is 1. The fraction of sp³-hybridized carbons (Fsp3) is 0.562. The van der Waals surface area contributed by atoms with Gasteiger partial charge in [0.1, 0.15) is 5.82 Å². The lowest BCUT2D eigenvalue weighted by atomic mass is 9.95. The third kappa shape index (κ3) is 3.50. The molecule has 1 aromatic carbocycles. The van der Waals surface area contributed by atoms with E-state index in [1.54, 1.807) is 12.1 Å². The van der Waals surface area contributed by atoms with E-state index in [0.717, 1.165) is 18.8 Å². The third-order valence-electron chi connectivity index (χ3n) is 3.60. The van der Waals surface area contributed by atoms with E-state index in [1.807, 2.05) is 20.8 Å². The summed E-state index contributed by atoms with van der Waals surface area (Å²) in [6.07, 6.45) is 3.59. The number of hydrogen-bond donors (Lipinski definition) is 1. The standard InChI is InChI=1S/C16H23FN2O/c1-16(2,3)15(20)18-14-11-12(7-8-13(14)17)19-9-5-4-6-10-19/h7-8,11H,4-6,9-10H2,1-3H3,(H,18,20). The summed E-state index contributed by atoms with van der Waals surface area (Å²) in [5, 5.41) is 2.69. The summed E-state index contributed by atoms with van der Waals surface area (Å²) in [4.78, 5) is 14.2. The molecule has 110 valence electrons. The van der Waals surface area contributed by atoms with Crippen molar-refractivity contribution in [3.05, 3.63) is 24.0 Å². The van der Waals surface area contributed by atoms with Gasteiger partial charge in [-0.15, -0.1) is 0 Å². The van der Waals surface area contributed by atoms with Crippen LogP contribution < -0.4 is 10.2 Å². The van der Waals surface area contributed by atoms with Crippen LogP contribution in [0.5, 0.6) is 0 Å². The Balaban J connectivity index is 2.18. The molecule has 1 aromatic rings. The molecule has 1 saturated heterocycles. The predicted octanol–water partition coefficient (Wildman–Crippen LogP) is 3.80. The second kappa shape index (κ2) is 5.81. The number of carbonyl (C=O) groups excluding carboxylic acids is 1. The monoisotopic (exact) mass is 278 g/mol. The first-order valence-electron chi connectivity index (χ1n) is 7.24. The van der Waals surface area contributed by atoms with E-state index in [4.69, 9.17) is 0 Å². The molecule has 2 rings (SSSR count). The number of benzene rings is 1. The highest BCUT2D eigenvalue weighted by molar-refractivity contribution is 5.95. The molecule has 1 fully saturated rings. The lowest BCUT2D eigenvalue weighted by Crippen LogP contribution is -2.30. The molecule has 0 spiro atoms. The van der Waals surface area contributed by atoms with Gasteiger partial charge in [-0.3, -0.25) is 4.79 Å². The van der Waals surface area contributed by atoms with E-state index in [-0.39, 0.29) is 17.4 Å². The fourth-order valence-electron chi connectivity index (χ4n) is 2.27. The van der Waals surface area contributed by atoms with E-state index in [0.29, 0.717) is 0 Å². The zero-order valence-electron chi connectivity index (χ0n) is 12.5. The van der Waals surface area contributed by atoms with E-state index in [1.165, 1.54) is 25.3 Å². The summed E-state index contributed by atoms with van der Waals surface area (Å²) in [7, 11) is 0. The summed E-state index contributed by atoms with van der Waals surface area (Å²) in [5.74, 6) is -0.560. The van der Waals surface area contributed by atoms with Crippen LogP contribution in [0.15, 0.2) is 18.2 Å². The van der Waals surface area contributed by atoms with Crippen molar-refractivity contribution in [2.24, 2.45) is 5.41 Å². The predicted molar refractivity (Wildman–Crippen MR) is 80.5 cm³/mol. The summed E-state index contributed by atoms with van der Waals surface area (Å²) in [5.41, 5.74) is 0.719. The zero-order chi connectivity index (χ0) is 14.8. The van der Waals surface area contributed by atoms with Crippen LogP contribution in [0.25, 0.3) is 0 Å². The number of carbonyl (C=O) groups is 1. The summed E-state index contributed by atoms with van der Waals surface area (Å²) < 4.78 is 13.9. The van der Waals surface area contributed by atoms with E-state index >= 15 is 0 Å². The van der Waals surface area contributed by atoms with Crippen molar-refractivity contribution in [2.45, 2.75) is 40.0 Å². The van der Waals surface area contributed by atoms with Gasteiger partial charge in [0.05, 0.1) is 5.69 Å². The van der Waals surface area contributed by atoms with Crippen LogP contribution in [-0.2, 0) is 4.79 Å². The third-order valence-corrected chi connectivity index (χ3v) is 3.60. The molecule has 0 atom stereocenters. The minimum Gasteiger partial charge on any atom is -0.371 e. The van der Waals surface area contributed by atoms with Crippen molar-refractivity contribution in [1.29, 1.82) is 0 Å². The smallest absolute Gasteiger partial charge is 0.229 e. The molecular formula is C16H23FN2O. The van der Waals surface area contributed by atoms with Crippen molar-refractivity contribution < 1.29 is 9.18 Å². The first kappa shape index (κ1) is 14.8. The number of amides is 1. The number of anilines is 2. The highest BCUT2D eigenvalue weighted by Crippen LogP contribution is 2.26. The number of hydrogen-bond acceptors (Lipinski definition) is 2. The van der Waals surface area contributed by atoms with Gasteiger partial charge in [-0.25, -0.2) is 4.39 Å². The van der Waals surface area contributed by atoms with Gasteiger partial charge in [-0.2, -0.15) is 0 Å². The average molecular weight is 278 g/mol. The number of halogens is 1. The maximum absolute atomic E-state index is 13.9. The van der Waals surface area contributed by atoms with Gasteiger partial charge in [0.25, 0.3) is 0 Å². The molecular weight excluding hydrogens is 255 g/mol. The van der Waals surface area contributed by atoms with Gasteiger partial charge in [-0.05, 0) is 37.5 Å². The summed E-state index contributed by atoms with van der Waals surface area (Å²) in [6.45, 7) is 7.44. The van der Waals surface area contributed by atoms with Gasteiger partial charge < -0.3 is 10.2 Å². The van der Waals surface area contributed by atoms with E-state index in [2.05, 4.69) is 10.2 Å². The molecule has 1 aliphatic heterocycles. The molecule has 0 saturated carbocycles. The molecule has 3 nitrogen and oxygen atoms in total. The first-order valence-corrected chi connectivity index (χ1v) is 7.24. The van der Waals surface area contributed by atoms with Crippen LogP contribution in [0.2, 0.25) is 0 Å². The Morgan fingerprint density at radius 2 is 1.85 bits per heavy atom. The van der Waals surface area contributed by atoms with Gasteiger partial charge in [-0.1, -0.05) is 20.8 Å². The quantitative estimate of drug-likeness (QED) is 0.892. The Hall–Kier alpha value is -1.58. The van der Waals surface area contributed by atoms with Gasteiger partial charge in [0.15, 0.2) is 0 Å². The van der Waals surface area contributed by atoms with Crippen LogP contribution in [-0.4, -0.2) is 19.0 Å². The van der Waals surface area contributed by atoms with Crippen LogP contribution in [0, 0.1) is 11.2 Å². The largest absolute Gasteiger partial charge is 0.371 e. The molecule has 0 unspecified atom stereocenters. The molecule has 1 aliphatic rings. The van der Waals surface area contributed by atoms with Crippen molar-refractivity contribution in [3.8, 4) is 0 Å². The molecule has 0 aliphatic carbocycles. The van der Waals surface area contributed by atoms with Crippen molar-refractivity contribution in [2.75, 3.05) is 23.3 Å². The highest BCUT2D eigenvalue weighted by Gasteiger charge is 2.22. The molecule has 0 radical (unpaired) electrons. The highest BCUT2D eigenvalue weighted by atomic mass is 19.1. The maximum atomic E-state index is 13.9. The Labute approximate surface area is 120 Å². The number of rotatable bonds is 2. The summed E-state index contributed by atoms with van der Waals surface area (Å²) in [6, 6.07) is 4.96. The average Bonchev–Trinajstić information content (AvgIpc) is 2.41. The second-order valence-electron chi connectivity index (χ2n) is 6.42. The number of nitrogens with zero attached hydrogens (tertiary/aromatic N) is 1. The lowest BCUT2D eigenvalue weighted by Gasteiger charge is -2.29. The van der Waals surface area contributed by atoms with E-state index in [9.17, 15) is 9.18 Å². The summed E-state index contributed by atoms with van der Waals surface area (Å²) >= 11 is 0. The van der Waals surface area contributed by atoms with Gasteiger partial charge in [0, 0.05) is 24.2 Å². The Morgan fingerprint density at radius 1 is 1.20 bits per heavy atom. The van der Waals surface area contributed by atoms with Crippen molar-refractivity contribution >= 4 is 17.3 Å². The van der Waals surface area contributed by atoms with Crippen LogP contribution in [0.1, 0.15) is 40.0 Å². The molecule has 1 amide bonds. The Morgan fingerprint density at radius 3 is 2.45 bits per heavy atom. The van der Waals surface area contributed by atoms with Gasteiger partial charge in [0.2, 0.25) is 5.91 Å². The number of nitrogens with one attached hydrogen (secondary N) is 1. The van der Waals surface area contributed by atoms with Gasteiger partial charge >= 0.3 is 0 Å². The van der Waals surface area contributed by atoms with Crippen molar-refractivity contribution in [3.63, 3.8) is 0 Å². The lowest BCUT2D eigenvalue weighted by molar-refractivity contribution is -0.123. The Bertz CT molecular complexity index is 488. The van der Waals surface area contributed by atoms with E-state index < -0.39 is 5.41 Å². The maximum Gasteiger partial charge on any atom is 0.229 e. The molecule has 1 heterocycles. The van der Waals surface area contributed by atoms with Crippen LogP contribution >= 0.6 is 0 Å².